The van der Waals surface area contributed by atoms with Crippen molar-refractivity contribution in [3.05, 3.63) is 82.4 Å². The molecule has 10 heteroatoms. The Hall–Kier alpha value is -4.08. The van der Waals surface area contributed by atoms with E-state index < -0.39 is 17.7 Å². The van der Waals surface area contributed by atoms with Gasteiger partial charge in [0, 0.05) is 16.1 Å². The molecule has 1 saturated heterocycles. The third-order valence-electron chi connectivity index (χ3n) is 6.08. The van der Waals surface area contributed by atoms with Crippen LogP contribution < -0.4 is 19.1 Å². The van der Waals surface area contributed by atoms with Crippen molar-refractivity contribution in [2.75, 3.05) is 26.2 Å². The summed E-state index contributed by atoms with van der Waals surface area (Å²) in [6.07, 6.45) is 0. The normalized spacial score (nSPS) is 16.9. The number of fused-ring (bicyclic) bond motifs is 1. The van der Waals surface area contributed by atoms with Gasteiger partial charge in [0.2, 0.25) is 0 Å². The van der Waals surface area contributed by atoms with Gasteiger partial charge in [-0.15, -0.1) is 0 Å². The van der Waals surface area contributed by atoms with Crippen LogP contribution in [0.2, 0.25) is 5.02 Å². The summed E-state index contributed by atoms with van der Waals surface area (Å²) >= 11 is 7.25. The number of ketones is 1. The maximum Gasteiger partial charge on any atom is 0.301 e. The molecule has 37 heavy (non-hydrogen) atoms. The highest BCUT2D eigenvalue weighted by Gasteiger charge is 2.49. The number of nitrogens with zero attached hydrogens (tertiary/aromatic N) is 2. The average Bonchev–Trinajstić information content (AvgIpc) is 3.45. The fourth-order valence-corrected chi connectivity index (χ4v) is 5.48. The number of rotatable bonds is 6. The second kappa shape index (κ2) is 9.76. The molecule has 0 bridgehead atoms. The van der Waals surface area contributed by atoms with Crippen molar-refractivity contribution in [2.24, 2.45) is 0 Å². The van der Waals surface area contributed by atoms with Gasteiger partial charge in [-0.2, -0.15) is 0 Å². The highest BCUT2D eigenvalue weighted by atomic mass is 35.5. The number of thiazole rings is 1. The number of hydrogen-bond donors (Lipinski definition) is 1. The molecular formula is C27H21ClN2O6S. The number of halogens is 1. The number of carbonyl (C=O) groups excluding carboxylic acids is 2. The fourth-order valence-electron chi connectivity index (χ4n) is 4.34. The van der Waals surface area contributed by atoms with Gasteiger partial charge in [0.15, 0.2) is 16.6 Å². The summed E-state index contributed by atoms with van der Waals surface area (Å²) in [4.78, 5) is 32.9. The summed E-state index contributed by atoms with van der Waals surface area (Å²) in [7, 11) is 4.53. The maximum atomic E-state index is 13.5. The van der Waals surface area contributed by atoms with Crippen molar-refractivity contribution in [1.82, 2.24) is 4.98 Å². The largest absolute Gasteiger partial charge is 0.507 e. The van der Waals surface area contributed by atoms with Gasteiger partial charge in [0.05, 0.1) is 37.1 Å². The van der Waals surface area contributed by atoms with Crippen LogP contribution in [0.5, 0.6) is 17.2 Å². The first-order valence-electron chi connectivity index (χ1n) is 11.1. The quantitative estimate of drug-likeness (QED) is 0.194. The minimum Gasteiger partial charge on any atom is -0.507 e. The van der Waals surface area contributed by atoms with E-state index in [0.717, 1.165) is 4.70 Å². The number of aliphatic hydroxyl groups excluding tert-OH is 1. The molecule has 3 aromatic carbocycles. The number of carbonyl (C=O) groups is 2. The number of Topliss-reactive ketones (excluding diaryl/α,β-unsaturated/α-hetero) is 1. The Labute approximate surface area is 221 Å². The summed E-state index contributed by atoms with van der Waals surface area (Å²) in [6.45, 7) is 0. The lowest BCUT2D eigenvalue weighted by molar-refractivity contribution is -0.132. The lowest BCUT2D eigenvalue weighted by Crippen LogP contribution is -2.29. The molecule has 0 saturated carbocycles. The summed E-state index contributed by atoms with van der Waals surface area (Å²) in [5.74, 6) is -0.637. The molecular weight excluding hydrogens is 516 g/mol. The van der Waals surface area contributed by atoms with Gasteiger partial charge in [-0.3, -0.25) is 14.5 Å². The van der Waals surface area contributed by atoms with Crippen molar-refractivity contribution in [3.63, 3.8) is 0 Å². The van der Waals surface area contributed by atoms with Gasteiger partial charge in [-0.1, -0.05) is 35.1 Å². The van der Waals surface area contributed by atoms with Crippen LogP contribution >= 0.6 is 22.9 Å². The Morgan fingerprint density at radius 3 is 2.43 bits per heavy atom. The van der Waals surface area contributed by atoms with E-state index in [1.165, 1.54) is 30.5 Å². The highest BCUT2D eigenvalue weighted by Crippen LogP contribution is 2.48. The van der Waals surface area contributed by atoms with E-state index in [9.17, 15) is 14.7 Å². The molecule has 1 N–H and O–H groups in total. The molecule has 0 spiro atoms. The molecule has 8 nitrogen and oxygen atoms in total. The van der Waals surface area contributed by atoms with E-state index >= 15 is 0 Å². The Kier molecular flexibility index (Phi) is 6.49. The Morgan fingerprint density at radius 1 is 1.00 bits per heavy atom. The Balaban J connectivity index is 1.77. The first kappa shape index (κ1) is 24.6. The number of methoxy groups -OCH3 is 3. The molecule has 1 fully saturated rings. The minimum absolute atomic E-state index is 0.101. The smallest absolute Gasteiger partial charge is 0.301 e. The van der Waals surface area contributed by atoms with Crippen molar-refractivity contribution in [1.29, 1.82) is 0 Å². The first-order valence-corrected chi connectivity index (χ1v) is 12.3. The van der Waals surface area contributed by atoms with Gasteiger partial charge in [0.1, 0.15) is 17.6 Å². The predicted octanol–water partition coefficient (Wildman–Crippen LogP) is 5.60. The molecule has 0 radical (unpaired) electrons. The minimum atomic E-state index is -1.04. The monoisotopic (exact) mass is 536 g/mol. The molecule has 1 atom stereocenters. The maximum absolute atomic E-state index is 13.5. The van der Waals surface area contributed by atoms with Gasteiger partial charge in [-0.25, -0.2) is 4.98 Å². The zero-order valence-electron chi connectivity index (χ0n) is 20.0. The second-order valence-electron chi connectivity index (χ2n) is 8.09. The van der Waals surface area contributed by atoms with Crippen LogP contribution in [-0.4, -0.2) is 43.1 Å². The van der Waals surface area contributed by atoms with E-state index in [2.05, 4.69) is 4.98 Å². The molecule has 5 rings (SSSR count). The summed E-state index contributed by atoms with van der Waals surface area (Å²) < 4.78 is 17.2. The zero-order chi connectivity index (χ0) is 26.3. The molecule has 0 aliphatic carbocycles. The summed E-state index contributed by atoms with van der Waals surface area (Å²) in [5.41, 5.74) is 1.32. The SMILES string of the molecule is COc1ccc2nc(N3C(=O)C(=O)/C(=C(/O)c4ccc(Cl)cc4)C3c3cccc(OC)c3OC)sc2c1. The number of aliphatic hydroxyl groups is 1. The van der Waals surface area contributed by atoms with Crippen molar-refractivity contribution >= 4 is 55.7 Å². The standard InChI is InChI=1S/C27H21ClN2O6S/c1-34-16-11-12-18-20(13-16)37-27(29-18)30-22(17-5-4-6-19(35-2)25(17)36-3)21(24(32)26(30)33)23(31)14-7-9-15(28)10-8-14/h4-13,22,31H,1-3H3/b23-21+. The van der Waals surface area contributed by atoms with Crippen LogP contribution in [0.1, 0.15) is 17.2 Å². The molecule has 188 valence electrons. The Morgan fingerprint density at radius 2 is 1.76 bits per heavy atom. The third kappa shape index (κ3) is 4.16. The first-order chi connectivity index (χ1) is 17.9. The average molecular weight is 537 g/mol. The number of aromatic nitrogens is 1. The molecule has 1 unspecified atom stereocenters. The third-order valence-corrected chi connectivity index (χ3v) is 7.35. The number of hydrogen-bond acceptors (Lipinski definition) is 8. The van der Waals surface area contributed by atoms with Crippen LogP contribution in [0.15, 0.2) is 66.2 Å². The molecule has 1 aliphatic heterocycles. The van der Waals surface area contributed by atoms with Crippen molar-refractivity contribution in [2.45, 2.75) is 6.04 Å². The van der Waals surface area contributed by atoms with E-state index in [4.69, 9.17) is 25.8 Å². The van der Waals surface area contributed by atoms with Crippen LogP contribution in [0.25, 0.3) is 16.0 Å². The second-order valence-corrected chi connectivity index (χ2v) is 9.53. The summed E-state index contributed by atoms with van der Waals surface area (Å²) in [6, 6.07) is 15.8. The van der Waals surface area contributed by atoms with Crippen LogP contribution in [0.4, 0.5) is 5.13 Å². The van der Waals surface area contributed by atoms with E-state index in [1.54, 1.807) is 61.7 Å². The van der Waals surface area contributed by atoms with Gasteiger partial charge in [0.25, 0.3) is 5.78 Å². The van der Waals surface area contributed by atoms with E-state index in [1.807, 2.05) is 6.07 Å². The van der Waals surface area contributed by atoms with Crippen molar-refractivity contribution < 1.29 is 28.9 Å². The number of amides is 1. The van der Waals surface area contributed by atoms with Crippen LogP contribution in [0, 0.1) is 0 Å². The molecule has 2 heterocycles. The number of benzene rings is 3. The lowest BCUT2D eigenvalue weighted by Gasteiger charge is -2.25. The number of anilines is 1. The molecule has 4 aromatic rings. The number of para-hydroxylation sites is 1. The van der Waals surface area contributed by atoms with Gasteiger partial charge >= 0.3 is 5.91 Å². The topological polar surface area (TPSA) is 98.2 Å². The van der Waals surface area contributed by atoms with E-state index in [0.29, 0.717) is 38.9 Å². The number of ether oxygens (including phenoxy) is 3. The molecule has 1 amide bonds. The van der Waals surface area contributed by atoms with Crippen LogP contribution in [0.3, 0.4) is 0 Å². The molecule has 1 aliphatic rings. The predicted molar refractivity (Wildman–Crippen MR) is 142 cm³/mol. The Bertz CT molecular complexity index is 1560. The lowest BCUT2D eigenvalue weighted by atomic mass is 9.94. The summed E-state index contributed by atoms with van der Waals surface area (Å²) in [5, 5.41) is 12.1. The molecule has 1 aromatic heterocycles. The van der Waals surface area contributed by atoms with Gasteiger partial charge in [-0.05, 0) is 48.5 Å². The van der Waals surface area contributed by atoms with Crippen molar-refractivity contribution in [3.8, 4) is 17.2 Å². The zero-order valence-corrected chi connectivity index (χ0v) is 21.6. The van der Waals surface area contributed by atoms with Gasteiger partial charge < -0.3 is 19.3 Å². The highest BCUT2D eigenvalue weighted by molar-refractivity contribution is 7.22. The van der Waals surface area contributed by atoms with E-state index in [-0.39, 0.29) is 16.5 Å². The fraction of sp³-hybridized carbons (Fsp3) is 0.148. The van der Waals surface area contributed by atoms with Crippen LogP contribution in [-0.2, 0) is 9.59 Å².